The van der Waals surface area contributed by atoms with Gasteiger partial charge in [-0.1, -0.05) is 6.08 Å². The molecule has 1 unspecified atom stereocenters. The molecular formula is C13H19N3. The van der Waals surface area contributed by atoms with E-state index < -0.39 is 0 Å². The van der Waals surface area contributed by atoms with Gasteiger partial charge in [0.2, 0.25) is 0 Å². The van der Waals surface area contributed by atoms with Crippen molar-refractivity contribution in [3.8, 4) is 0 Å². The first-order valence-corrected chi connectivity index (χ1v) is 6.24. The van der Waals surface area contributed by atoms with Crippen molar-refractivity contribution in [3.63, 3.8) is 0 Å². The summed E-state index contributed by atoms with van der Waals surface area (Å²) in [5.41, 5.74) is 2.80. The summed E-state index contributed by atoms with van der Waals surface area (Å²) in [4.78, 5) is 2.59. The van der Waals surface area contributed by atoms with Gasteiger partial charge in [-0.25, -0.2) is 0 Å². The predicted molar refractivity (Wildman–Crippen MR) is 64.3 cm³/mol. The molecule has 16 heavy (non-hydrogen) atoms. The molecule has 1 aromatic rings. The van der Waals surface area contributed by atoms with Crippen LogP contribution in [-0.2, 0) is 12.8 Å². The van der Waals surface area contributed by atoms with Crippen LogP contribution in [-0.4, -0.2) is 34.2 Å². The SMILES string of the molecule is C=CCN1CCC[C@@H]2Cc3[nH]ncc3CC21. The van der Waals surface area contributed by atoms with E-state index >= 15 is 0 Å². The van der Waals surface area contributed by atoms with Gasteiger partial charge in [0.05, 0.1) is 6.20 Å². The number of nitrogens with one attached hydrogen (secondary N) is 1. The Hall–Kier alpha value is -1.09. The number of nitrogens with zero attached hydrogens (tertiary/aromatic N) is 2. The molecule has 3 nitrogen and oxygen atoms in total. The van der Waals surface area contributed by atoms with Crippen molar-refractivity contribution < 1.29 is 0 Å². The first-order chi connectivity index (χ1) is 7.88. The highest BCUT2D eigenvalue weighted by atomic mass is 15.2. The normalized spacial score (nSPS) is 29.5. The molecule has 1 saturated heterocycles. The Kier molecular flexibility index (Phi) is 2.56. The van der Waals surface area contributed by atoms with Gasteiger partial charge in [-0.05, 0) is 43.7 Å². The van der Waals surface area contributed by atoms with Crippen molar-refractivity contribution in [1.29, 1.82) is 0 Å². The van der Waals surface area contributed by atoms with Gasteiger partial charge in [0.25, 0.3) is 0 Å². The topological polar surface area (TPSA) is 31.9 Å². The summed E-state index contributed by atoms with van der Waals surface area (Å²) in [6.07, 6.45) is 9.10. The maximum atomic E-state index is 4.17. The third-order valence-corrected chi connectivity index (χ3v) is 4.10. The first-order valence-electron chi connectivity index (χ1n) is 6.24. The van der Waals surface area contributed by atoms with Crippen molar-refractivity contribution >= 4 is 0 Å². The van der Waals surface area contributed by atoms with Crippen LogP contribution in [0.2, 0.25) is 0 Å². The zero-order valence-corrected chi connectivity index (χ0v) is 9.65. The minimum atomic E-state index is 0.719. The Balaban J connectivity index is 1.84. The quantitative estimate of drug-likeness (QED) is 0.766. The fourth-order valence-electron chi connectivity index (χ4n) is 3.32. The van der Waals surface area contributed by atoms with Crippen LogP contribution in [0, 0.1) is 5.92 Å². The lowest BCUT2D eigenvalue weighted by atomic mass is 9.78. The fourth-order valence-corrected chi connectivity index (χ4v) is 3.32. The van der Waals surface area contributed by atoms with Gasteiger partial charge >= 0.3 is 0 Å². The summed E-state index contributed by atoms with van der Waals surface area (Å²) in [6.45, 7) is 6.14. The minimum absolute atomic E-state index is 0.719. The van der Waals surface area contributed by atoms with Gasteiger partial charge in [0.15, 0.2) is 0 Å². The molecule has 1 N–H and O–H groups in total. The molecule has 1 aromatic heterocycles. The van der Waals surface area contributed by atoms with Crippen molar-refractivity contribution in [3.05, 3.63) is 30.1 Å². The largest absolute Gasteiger partial charge is 0.296 e. The summed E-state index contributed by atoms with van der Waals surface area (Å²) >= 11 is 0. The van der Waals surface area contributed by atoms with Crippen LogP contribution < -0.4 is 0 Å². The number of likely N-dealkylation sites (tertiary alicyclic amines) is 1. The summed E-state index contributed by atoms with van der Waals surface area (Å²) in [6, 6.07) is 0.719. The zero-order chi connectivity index (χ0) is 11.0. The van der Waals surface area contributed by atoms with Gasteiger partial charge in [0.1, 0.15) is 0 Å². The van der Waals surface area contributed by atoms with Gasteiger partial charge in [-0.3, -0.25) is 10.00 Å². The number of hydrogen-bond acceptors (Lipinski definition) is 2. The summed E-state index contributed by atoms with van der Waals surface area (Å²) in [5.74, 6) is 0.821. The zero-order valence-electron chi connectivity index (χ0n) is 9.65. The molecule has 0 spiro atoms. The average Bonchev–Trinajstić information content (AvgIpc) is 2.74. The van der Waals surface area contributed by atoms with E-state index in [-0.39, 0.29) is 0 Å². The van der Waals surface area contributed by atoms with Crippen LogP contribution in [0.25, 0.3) is 0 Å². The highest BCUT2D eigenvalue weighted by Gasteiger charge is 2.35. The van der Waals surface area contributed by atoms with E-state index in [1.54, 1.807) is 0 Å². The van der Waals surface area contributed by atoms with Crippen molar-refractivity contribution in [1.82, 2.24) is 15.1 Å². The number of H-pyrrole nitrogens is 1. The van der Waals surface area contributed by atoms with Gasteiger partial charge < -0.3 is 0 Å². The number of fused-ring (bicyclic) bond motifs is 2. The van der Waals surface area contributed by atoms with E-state index in [4.69, 9.17) is 0 Å². The molecule has 2 atom stereocenters. The smallest absolute Gasteiger partial charge is 0.0522 e. The molecule has 86 valence electrons. The second-order valence-corrected chi connectivity index (χ2v) is 5.04. The Labute approximate surface area is 96.5 Å². The molecule has 0 saturated carbocycles. The summed E-state index contributed by atoms with van der Waals surface area (Å²) in [7, 11) is 0. The number of rotatable bonds is 2. The van der Waals surface area contributed by atoms with Crippen molar-refractivity contribution in [2.75, 3.05) is 13.1 Å². The van der Waals surface area contributed by atoms with E-state index in [1.165, 1.54) is 43.5 Å². The molecule has 0 radical (unpaired) electrons. The lowest BCUT2D eigenvalue weighted by Crippen LogP contribution is -2.49. The second-order valence-electron chi connectivity index (χ2n) is 5.04. The maximum absolute atomic E-state index is 4.17. The molecule has 1 aliphatic heterocycles. The van der Waals surface area contributed by atoms with E-state index in [0.717, 1.165) is 18.5 Å². The van der Waals surface area contributed by atoms with E-state index in [9.17, 15) is 0 Å². The van der Waals surface area contributed by atoms with Crippen LogP contribution >= 0.6 is 0 Å². The standard InChI is InChI=1S/C13H19N3/c1-2-5-16-6-3-4-10-7-12-11(8-13(10)16)9-14-15-12/h2,9-10,13H,1,3-8H2,(H,14,15)/t10-,13?/m1/s1. The van der Waals surface area contributed by atoms with Crippen LogP contribution in [0.4, 0.5) is 0 Å². The highest BCUT2D eigenvalue weighted by Crippen LogP contribution is 2.33. The van der Waals surface area contributed by atoms with Crippen LogP contribution in [0.3, 0.4) is 0 Å². The van der Waals surface area contributed by atoms with E-state index in [1.807, 2.05) is 12.3 Å². The number of piperidine rings is 1. The minimum Gasteiger partial charge on any atom is -0.296 e. The lowest BCUT2D eigenvalue weighted by Gasteiger charge is -2.43. The Morgan fingerprint density at radius 3 is 3.38 bits per heavy atom. The van der Waals surface area contributed by atoms with E-state index in [0.29, 0.717) is 0 Å². The Morgan fingerprint density at radius 2 is 2.50 bits per heavy atom. The average molecular weight is 217 g/mol. The molecule has 3 heteroatoms. The third kappa shape index (κ3) is 1.59. The van der Waals surface area contributed by atoms with Gasteiger partial charge in [-0.2, -0.15) is 5.10 Å². The molecular weight excluding hydrogens is 198 g/mol. The maximum Gasteiger partial charge on any atom is 0.0522 e. The molecule has 0 aromatic carbocycles. The molecule has 3 rings (SSSR count). The van der Waals surface area contributed by atoms with Crippen molar-refractivity contribution in [2.45, 2.75) is 31.7 Å². The van der Waals surface area contributed by atoms with Crippen LogP contribution in [0.5, 0.6) is 0 Å². The Morgan fingerprint density at radius 1 is 1.56 bits per heavy atom. The first kappa shape index (κ1) is 10.1. The molecule has 1 fully saturated rings. The molecule has 0 amide bonds. The number of aromatic nitrogens is 2. The molecule has 2 aliphatic rings. The van der Waals surface area contributed by atoms with E-state index in [2.05, 4.69) is 21.7 Å². The highest BCUT2D eigenvalue weighted by molar-refractivity contribution is 5.23. The third-order valence-electron chi connectivity index (χ3n) is 4.10. The lowest BCUT2D eigenvalue weighted by molar-refractivity contribution is 0.0968. The Bertz CT molecular complexity index is 382. The predicted octanol–water partition coefficient (Wildman–Crippen LogP) is 1.77. The summed E-state index contributed by atoms with van der Waals surface area (Å²) < 4.78 is 0. The number of aromatic amines is 1. The van der Waals surface area contributed by atoms with Crippen LogP contribution in [0.15, 0.2) is 18.9 Å². The van der Waals surface area contributed by atoms with Crippen molar-refractivity contribution in [2.24, 2.45) is 5.92 Å². The fraction of sp³-hybridized carbons (Fsp3) is 0.615. The van der Waals surface area contributed by atoms with Crippen LogP contribution in [0.1, 0.15) is 24.1 Å². The van der Waals surface area contributed by atoms with Gasteiger partial charge in [0, 0.05) is 18.3 Å². The molecule has 0 bridgehead atoms. The summed E-state index contributed by atoms with van der Waals surface area (Å²) in [5, 5.41) is 7.32. The second kappa shape index (κ2) is 4.06. The molecule has 1 aliphatic carbocycles. The number of hydrogen-bond donors (Lipinski definition) is 1. The molecule has 2 heterocycles. The van der Waals surface area contributed by atoms with Gasteiger partial charge in [-0.15, -0.1) is 6.58 Å². The monoisotopic (exact) mass is 217 g/mol.